The number of hydrogen-bond acceptors (Lipinski definition) is 4. The standard InChI is InChI=1S/C12H17Cl2N3O2/c1-12(2,4-3-5-18)7-15-11(19)8-6-9(13)16-17-10(8)14/h6,18H,3-5,7H2,1-2H3,(H,15,19). The third-order valence-electron chi connectivity index (χ3n) is 2.70. The Morgan fingerprint density at radius 1 is 1.42 bits per heavy atom. The number of aliphatic hydroxyl groups is 1. The number of hydrogen-bond donors (Lipinski definition) is 2. The molecule has 19 heavy (non-hydrogen) atoms. The Bertz CT molecular complexity index is 453. The normalized spacial score (nSPS) is 11.4. The minimum Gasteiger partial charge on any atom is -0.396 e. The Morgan fingerprint density at radius 2 is 2.11 bits per heavy atom. The summed E-state index contributed by atoms with van der Waals surface area (Å²) in [7, 11) is 0. The van der Waals surface area contributed by atoms with E-state index in [1.165, 1.54) is 6.07 Å². The van der Waals surface area contributed by atoms with Gasteiger partial charge in [0.2, 0.25) is 0 Å². The summed E-state index contributed by atoms with van der Waals surface area (Å²) in [4.78, 5) is 12.0. The first-order valence-corrected chi connectivity index (χ1v) is 6.69. The molecule has 0 saturated heterocycles. The van der Waals surface area contributed by atoms with E-state index in [4.69, 9.17) is 28.3 Å². The average molecular weight is 306 g/mol. The molecule has 0 aromatic carbocycles. The van der Waals surface area contributed by atoms with Crippen LogP contribution in [-0.4, -0.2) is 34.4 Å². The molecule has 1 amide bonds. The van der Waals surface area contributed by atoms with Crippen molar-refractivity contribution >= 4 is 29.1 Å². The van der Waals surface area contributed by atoms with E-state index in [0.29, 0.717) is 13.0 Å². The van der Waals surface area contributed by atoms with Crippen LogP contribution in [0.5, 0.6) is 0 Å². The Kier molecular flexibility index (Phi) is 5.97. The van der Waals surface area contributed by atoms with Gasteiger partial charge < -0.3 is 10.4 Å². The van der Waals surface area contributed by atoms with Crippen LogP contribution in [0.15, 0.2) is 6.07 Å². The lowest BCUT2D eigenvalue weighted by Gasteiger charge is -2.24. The molecule has 1 aromatic heterocycles. The maximum Gasteiger partial charge on any atom is 0.254 e. The van der Waals surface area contributed by atoms with Gasteiger partial charge in [0.25, 0.3) is 5.91 Å². The van der Waals surface area contributed by atoms with Crippen molar-refractivity contribution in [2.45, 2.75) is 26.7 Å². The van der Waals surface area contributed by atoms with Crippen molar-refractivity contribution in [1.29, 1.82) is 0 Å². The van der Waals surface area contributed by atoms with E-state index in [0.717, 1.165) is 6.42 Å². The van der Waals surface area contributed by atoms with E-state index in [-0.39, 0.29) is 33.8 Å². The molecular weight excluding hydrogens is 289 g/mol. The van der Waals surface area contributed by atoms with E-state index >= 15 is 0 Å². The molecule has 0 aliphatic carbocycles. The summed E-state index contributed by atoms with van der Waals surface area (Å²) in [6.45, 7) is 4.65. The third-order valence-corrected chi connectivity index (χ3v) is 3.17. The molecule has 1 heterocycles. The molecule has 0 spiro atoms. The van der Waals surface area contributed by atoms with Gasteiger partial charge in [-0.3, -0.25) is 4.79 Å². The fraction of sp³-hybridized carbons (Fsp3) is 0.583. The maximum absolute atomic E-state index is 12.0. The van der Waals surface area contributed by atoms with Crippen molar-refractivity contribution in [1.82, 2.24) is 15.5 Å². The van der Waals surface area contributed by atoms with Crippen LogP contribution in [-0.2, 0) is 0 Å². The number of nitrogens with zero attached hydrogens (tertiary/aromatic N) is 2. The van der Waals surface area contributed by atoms with Gasteiger partial charge in [0.1, 0.15) is 0 Å². The number of rotatable bonds is 6. The Morgan fingerprint density at radius 3 is 2.74 bits per heavy atom. The second-order valence-corrected chi connectivity index (χ2v) is 5.79. The zero-order valence-corrected chi connectivity index (χ0v) is 12.4. The van der Waals surface area contributed by atoms with E-state index in [2.05, 4.69) is 15.5 Å². The molecule has 0 fully saturated rings. The van der Waals surface area contributed by atoms with Crippen molar-refractivity contribution in [3.8, 4) is 0 Å². The van der Waals surface area contributed by atoms with Crippen molar-refractivity contribution in [3.05, 3.63) is 21.9 Å². The molecule has 0 atom stereocenters. The maximum atomic E-state index is 12.0. The lowest BCUT2D eigenvalue weighted by molar-refractivity contribution is 0.0932. The summed E-state index contributed by atoms with van der Waals surface area (Å²) in [6, 6.07) is 1.38. The molecule has 0 aliphatic rings. The molecular formula is C12H17Cl2N3O2. The molecule has 5 nitrogen and oxygen atoms in total. The van der Waals surface area contributed by atoms with E-state index in [9.17, 15) is 4.79 Å². The SMILES string of the molecule is CC(C)(CCCO)CNC(=O)c1cc(Cl)nnc1Cl. The molecule has 0 saturated carbocycles. The van der Waals surface area contributed by atoms with Crippen molar-refractivity contribution in [3.63, 3.8) is 0 Å². The van der Waals surface area contributed by atoms with Crippen LogP contribution in [0.1, 0.15) is 37.0 Å². The van der Waals surface area contributed by atoms with Gasteiger partial charge in [-0.15, -0.1) is 10.2 Å². The first-order chi connectivity index (χ1) is 8.85. The number of aromatic nitrogens is 2. The van der Waals surface area contributed by atoms with Crippen LogP contribution in [0.2, 0.25) is 10.3 Å². The summed E-state index contributed by atoms with van der Waals surface area (Å²) >= 11 is 11.5. The van der Waals surface area contributed by atoms with E-state index < -0.39 is 0 Å². The third kappa shape index (κ3) is 5.30. The highest BCUT2D eigenvalue weighted by atomic mass is 35.5. The Labute approximate surface area is 122 Å². The zero-order chi connectivity index (χ0) is 14.5. The fourth-order valence-corrected chi connectivity index (χ4v) is 1.90. The Hall–Kier alpha value is -0.910. The smallest absolute Gasteiger partial charge is 0.254 e. The van der Waals surface area contributed by atoms with Gasteiger partial charge in [0.15, 0.2) is 10.3 Å². The molecule has 1 rings (SSSR count). The van der Waals surface area contributed by atoms with Crippen LogP contribution in [0.25, 0.3) is 0 Å². The molecule has 0 unspecified atom stereocenters. The van der Waals surface area contributed by atoms with Crippen LogP contribution in [0.3, 0.4) is 0 Å². The number of aliphatic hydroxyl groups excluding tert-OH is 1. The first kappa shape index (κ1) is 16.1. The summed E-state index contributed by atoms with van der Waals surface area (Å²) in [5.41, 5.74) is 0.106. The number of halogens is 2. The highest BCUT2D eigenvalue weighted by Crippen LogP contribution is 2.21. The molecule has 7 heteroatoms. The minimum atomic E-state index is -0.334. The number of nitrogens with one attached hydrogen (secondary N) is 1. The summed E-state index contributed by atoms with van der Waals surface area (Å²) in [5.74, 6) is -0.334. The van der Waals surface area contributed by atoms with Gasteiger partial charge >= 0.3 is 0 Å². The topological polar surface area (TPSA) is 75.1 Å². The molecule has 2 N–H and O–H groups in total. The van der Waals surface area contributed by atoms with E-state index in [1.54, 1.807) is 0 Å². The second kappa shape index (κ2) is 7.03. The highest BCUT2D eigenvalue weighted by molar-refractivity contribution is 6.34. The lowest BCUT2D eigenvalue weighted by Crippen LogP contribution is -2.34. The van der Waals surface area contributed by atoms with Crippen LogP contribution in [0.4, 0.5) is 0 Å². The van der Waals surface area contributed by atoms with Gasteiger partial charge in [-0.25, -0.2) is 0 Å². The zero-order valence-electron chi connectivity index (χ0n) is 10.9. The van der Waals surface area contributed by atoms with Gasteiger partial charge in [0.05, 0.1) is 5.56 Å². The van der Waals surface area contributed by atoms with Crippen LogP contribution in [0, 0.1) is 5.41 Å². The van der Waals surface area contributed by atoms with Crippen molar-refractivity contribution in [2.24, 2.45) is 5.41 Å². The largest absolute Gasteiger partial charge is 0.396 e. The summed E-state index contributed by atoms with van der Waals surface area (Å²) < 4.78 is 0. The van der Waals surface area contributed by atoms with E-state index in [1.807, 2.05) is 13.8 Å². The lowest BCUT2D eigenvalue weighted by atomic mass is 9.88. The number of amides is 1. The predicted octanol–water partition coefficient (Wildman–Crippen LogP) is 2.31. The number of carbonyl (C=O) groups is 1. The first-order valence-electron chi connectivity index (χ1n) is 5.93. The minimum absolute atomic E-state index is 0.0232. The molecule has 0 radical (unpaired) electrons. The molecule has 1 aromatic rings. The summed E-state index contributed by atoms with van der Waals surface area (Å²) in [5, 5.41) is 18.9. The second-order valence-electron chi connectivity index (χ2n) is 5.05. The molecule has 0 bridgehead atoms. The average Bonchev–Trinajstić information content (AvgIpc) is 2.36. The Balaban J connectivity index is 2.62. The molecule has 106 valence electrons. The van der Waals surface area contributed by atoms with Gasteiger partial charge in [-0.1, -0.05) is 37.0 Å². The quantitative estimate of drug-likeness (QED) is 0.845. The van der Waals surface area contributed by atoms with Crippen molar-refractivity contribution in [2.75, 3.05) is 13.2 Å². The summed E-state index contributed by atoms with van der Waals surface area (Å²) in [6.07, 6.45) is 1.51. The number of carbonyl (C=O) groups excluding carboxylic acids is 1. The van der Waals surface area contributed by atoms with Gasteiger partial charge in [-0.05, 0) is 24.3 Å². The van der Waals surface area contributed by atoms with Gasteiger partial charge in [0, 0.05) is 13.2 Å². The van der Waals surface area contributed by atoms with Crippen molar-refractivity contribution < 1.29 is 9.90 Å². The van der Waals surface area contributed by atoms with Crippen LogP contribution >= 0.6 is 23.2 Å². The van der Waals surface area contributed by atoms with Gasteiger partial charge in [-0.2, -0.15) is 0 Å². The van der Waals surface area contributed by atoms with Crippen LogP contribution < -0.4 is 5.32 Å². The highest BCUT2D eigenvalue weighted by Gasteiger charge is 2.20. The predicted molar refractivity (Wildman–Crippen MR) is 74.5 cm³/mol. The monoisotopic (exact) mass is 305 g/mol. The molecule has 0 aliphatic heterocycles. The fourth-order valence-electron chi connectivity index (χ4n) is 1.57.